The highest BCUT2D eigenvalue weighted by Gasteiger charge is 1.79. The fourth-order valence-corrected chi connectivity index (χ4v) is 0.405. The second kappa shape index (κ2) is 4.65. The first-order chi connectivity index (χ1) is 3.81. The molecule has 2 nitrogen and oxygen atoms in total. The second-order valence-corrected chi connectivity index (χ2v) is 1.68. The molecule has 0 aliphatic heterocycles. The predicted octanol–water partition coefficient (Wildman–Crippen LogP) is 1.73. The number of unbranched alkanes of at least 4 members (excludes halogenated alkanes) is 1. The molecule has 8 heavy (non-hydrogen) atoms. The Bertz CT molecular complexity index is 63.5. The zero-order valence-electron chi connectivity index (χ0n) is 5.26. The van der Waals surface area contributed by atoms with E-state index in [1.807, 2.05) is 0 Å². The first kappa shape index (κ1) is 7.50. The monoisotopic (exact) mass is 114 g/mol. The number of rotatable bonds is 4. The van der Waals surface area contributed by atoms with E-state index in [0.29, 0.717) is 6.54 Å². The molecule has 0 spiro atoms. The van der Waals surface area contributed by atoms with Gasteiger partial charge in [0.15, 0.2) is 0 Å². The van der Waals surface area contributed by atoms with Crippen molar-refractivity contribution in [2.75, 3.05) is 6.54 Å². The maximum Gasteiger partial charge on any atom is 0.00514 e. The van der Waals surface area contributed by atoms with Crippen LogP contribution >= 0.6 is 0 Å². The molecule has 0 rings (SSSR count). The highest BCUT2D eigenvalue weighted by atomic mass is 16.5. The Kier molecular flexibility index (Phi) is 4.36. The molecule has 48 valence electrons. The van der Waals surface area contributed by atoms with Gasteiger partial charge in [0, 0.05) is 6.54 Å². The van der Waals surface area contributed by atoms with Crippen LogP contribution in [-0.2, 0) is 0 Å². The summed E-state index contributed by atoms with van der Waals surface area (Å²) >= 11 is 0. The van der Waals surface area contributed by atoms with Crippen LogP contribution in [0, 0.1) is 5.21 Å². The van der Waals surface area contributed by atoms with Gasteiger partial charge in [-0.05, 0) is 12.6 Å². The quantitative estimate of drug-likeness (QED) is 0.520. The van der Waals surface area contributed by atoms with E-state index < -0.39 is 0 Å². The van der Waals surface area contributed by atoms with Crippen LogP contribution < -0.4 is 0 Å². The van der Waals surface area contributed by atoms with Crippen molar-refractivity contribution in [2.45, 2.75) is 19.8 Å². The average molecular weight is 114 g/mol. The normalized spacial score (nSPS) is 8.75. The summed E-state index contributed by atoms with van der Waals surface area (Å²) in [5.74, 6) is 0. The molecule has 0 atom stereocenters. The van der Waals surface area contributed by atoms with Gasteiger partial charge in [-0.3, -0.25) is 0 Å². The smallest absolute Gasteiger partial charge is 0.00514 e. The van der Waals surface area contributed by atoms with Gasteiger partial charge in [0.1, 0.15) is 0 Å². The largest absolute Gasteiger partial charge is 0.759 e. The Balaban J connectivity index is 2.98. The Morgan fingerprint density at radius 1 is 1.75 bits per heavy atom. The lowest BCUT2D eigenvalue weighted by atomic mass is 10.3. The molecule has 0 aromatic carbocycles. The first-order valence-corrected chi connectivity index (χ1v) is 2.87. The molecule has 0 aliphatic carbocycles. The lowest BCUT2D eigenvalue weighted by molar-refractivity contribution is 0.489. The van der Waals surface area contributed by atoms with Crippen molar-refractivity contribution in [3.8, 4) is 0 Å². The molecule has 0 heterocycles. The number of hydrogen-bond donors (Lipinski definition) is 0. The molecular weight excluding hydrogens is 102 g/mol. The molecule has 0 N–H and O–H groups in total. The van der Waals surface area contributed by atoms with E-state index >= 15 is 0 Å². The van der Waals surface area contributed by atoms with Crippen LogP contribution in [0.15, 0.2) is 12.8 Å². The summed E-state index contributed by atoms with van der Waals surface area (Å²) in [6, 6.07) is 0. The Morgan fingerprint density at radius 3 is 2.75 bits per heavy atom. The van der Waals surface area contributed by atoms with Gasteiger partial charge in [-0.1, -0.05) is 19.9 Å². The van der Waals surface area contributed by atoms with E-state index in [9.17, 15) is 5.21 Å². The predicted molar refractivity (Wildman–Crippen MR) is 35.2 cm³/mol. The maximum absolute atomic E-state index is 10.4. The minimum atomic E-state index is 0.583. The zero-order chi connectivity index (χ0) is 6.41. The topological polar surface area (TPSA) is 26.3 Å². The molecule has 2 heteroatoms. The average Bonchev–Trinajstić information content (AvgIpc) is 1.83. The third-order valence-corrected chi connectivity index (χ3v) is 0.936. The van der Waals surface area contributed by atoms with Crippen molar-refractivity contribution in [1.82, 2.24) is 5.06 Å². The van der Waals surface area contributed by atoms with Crippen molar-refractivity contribution < 1.29 is 0 Å². The van der Waals surface area contributed by atoms with Crippen molar-refractivity contribution in [3.63, 3.8) is 0 Å². The van der Waals surface area contributed by atoms with Crippen LogP contribution in [0.5, 0.6) is 0 Å². The molecule has 0 aromatic rings. The summed E-state index contributed by atoms with van der Waals surface area (Å²) in [5, 5.41) is 11.2. The van der Waals surface area contributed by atoms with E-state index in [2.05, 4.69) is 13.5 Å². The maximum atomic E-state index is 10.4. The minimum Gasteiger partial charge on any atom is -0.759 e. The molecular formula is C6H12NO-. The Morgan fingerprint density at radius 2 is 2.38 bits per heavy atom. The third kappa shape index (κ3) is 3.68. The van der Waals surface area contributed by atoms with Crippen molar-refractivity contribution in [1.29, 1.82) is 0 Å². The highest BCUT2D eigenvalue weighted by Crippen LogP contribution is 1.90. The molecule has 0 bridgehead atoms. The van der Waals surface area contributed by atoms with Crippen LogP contribution in [-0.4, -0.2) is 11.6 Å². The van der Waals surface area contributed by atoms with Crippen molar-refractivity contribution >= 4 is 0 Å². The lowest BCUT2D eigenvalue weighted by Gasteiger charge is -2.24. The zero-order valence-corrected chi connectivity index (χ0v) is 5.26. The van der Waals surface area contributed by atoms with Gasteiger partial charge in [0.2, 0.25) is 0 Å². The van der Waals surface area contributed by atoms with Crippen LogP contribution in [0.2, 0.25) is 0 Å². The van der Waals surface area contributed by atoms with Gasteiger partial charge in [0.25, 0.3) is 0 Å². The fraction of sp³-hybridized carbons (Fsp3) is 0.667. The van der Waals surface area contributed by atoms with E-state index in [1.165, 1.54) is 6.20 Å². The molecule has 0 unspecified atom stereocenters. The van der Waals surface area contributed by atoms with Gasteiger partial charge >= 0.3 is 0 Å². The third-order valence-electron chi connectivity index (χ3n) is 0.936. The molecule has 0 radical (unpaired) electrons. The SMILES string of the molecule is C=CN([O-])CCCC. The minimum absolute atomic E-state index is 0.583. The summed E-state index contributed by atoms with van der Waals surface area (Å²) in [7, 11) is 0. The standard InChI is InChI=1S/C6H12NO/c1-3-5-6-7(8)4-2/h4H,2-3,5-6H2,1H3/q-1. The molecule has 0 saturated carbocycles. The van der Waals surface area contributed by atoms with E-state index in [4.69, 9.17) is 0 Å². The summed E-state index contributed by atoms with van der Waals surface area (Å²) in [6.07, 6.45) is 3.32. The van der Waals surface area contributed by atoms with Crippen molar-refractivity contribution in [2.24, 2.45) is 0 Å². The highest BCUT2D eigenvalue weighted by molar-refractivity contribution is 4.69. The van der Waals surface area contributed by atoms with Gasteiger partial charge in [-0.25, -0.2) is 0 Å². The molecule has 0 aliphatic rings. The fourth-order valence-electron chi connectivity index (χ4n) is 0.405. The summed E-state index contributed by atoms with van der Waals surface area (Å²) < 4.78 is 0. The van der Waals surface area contributed by atoms with Gasteiger partial charge in [-0.2, -0.15) is 0 Å². The molecule has 0 saturated heterocycles. The second-order valence-electron chi connectivity index (χ2n) is 1.68. The lowest BCUT2D eigenvalue weighted by Crippen LogP contribution is -2.08. The van der Waals surface area contributed by atoms with Crippen LogP contribution in [0.3, 0.4) is 0 Å². The molecule has 0 aromatic heterocycles. The molecule has 0 amide bonds. The number of hydrogen-bond acceptors (Lipinski definition) is 2. The number of nitrogens with zero attached hydrogens (tertiary/aromatic N) is 1. The van der Waals surface area contributed by atoms with E-state index in [-0.39, 0.29) is 0 Å². The van der Waals surface area contributed by atoms with Gasteiger partial charge in [-0.15, -0.1) is 0 Å². The van der Waals surface area contributed by atoms with Crippen molar-refractivity contribution in [3.05, 3.63) is 18.0 Å². The summed E-state index contributed by atoms with van der Waals surface area (Å²) in [4.78, 5) is 0. The van der Waals surface area contributed by atoms with Crippen LogP contribution in [0.4, 0.5) is 0 Å². The van der Waals surface area contributed by atoms with Crippen LogP contribution in [0.1, 0.15) is 19.8 Å². The first-order valence-electron chi connectivity index (χ1n) is 2.87. The van der Waals surface area contributed by atoms with E-state index in [1.54, 1.807) is 0 Å². The summed E-state index contributed by atoms with van der Waals surface area (Å²) in [6.45, 7) is 5.96. The Hall–Kier alpha value is -0.500. The molecule has 0 fully saturated rings. The number of hydroxylamine groups is 2. The Labute approximate surface area is 50.4 Å². The van der Waals surface area contributed by atoms with E-state index in [0.717, 1.165) is 17.9 Å². The van der Waals surface area contributed by atoms with Gasteiger partial charge in [0.05, 0.1) is 0 Å². The van der Waals surface area contributed by atoms with Crippen LogP contribution in [0.25, 0.3) is 0 Å². The van der Waals surface area contributed by atoms with Gasteiger partial charge < -0.3 is 10.3 Å². The summed E-state index contributed by atoms with van der Waals surface area (Å²) in [5.41, 5.74) is 0.